The van der Waals surface area contributed by atoms with E-state index >= 15 is 0 Å². The van der Waals surface area contributed by atoms with Gasteiger partial charge in [-0.1, -0.05) is 6.92 Å². The fraction of sp³-hybridized carbons (Fsp3) is 1.00. The van der Waals surface area contributed by atoms with Gasteiger partial charge in [0, 0.05) is 31.5 Å². The minimum absolute atomic E-state index is 0.221. The van der Waals surface area contributed by atoms with E-state index in [2.05, 4.69) is 11.8 Å². The number of hydrogen-bond acceptors (Lipinski definition) is 4. The molecule has 4 heteroatoms. The fourth-order valence-electron chi connectivity index (χ4n) is 3.65. The van der Waals surface area contributed by atoms with Gasteiger partial charge < -0.3 is 15.2 Å². The van der Waals surface area contributed by atoms with E-state index in [4.69, 9.17) is 15.2 Å². The van der Waals surface area contributed by atoms with Crippen LogP contribution in [0.2, 0.25) is 0 Å². The number of likely N-dealkylation sites (tertiary alicyclic amines) is 1. The summed E-state index contributed by atoms with van der Waals surface area (Å²) in [5, 5.41) is 0. The van der Waals surface area contributed by atoms with Crippen molar-refractivity contribution in [3.8, 4) is 0 Å². The lowest BCUT2D eigenvalue weighted by Gasteiger charge is -2.44. The number of hydrogen-bond donors (Lipinski definition) is 1. The molecule has 2 saturated heterocycles. The first-order valence-corrected chi connectivity index (χ1v) is 7.46. The van der Waals surface area contributed by atoms with Crippen molar-refractivity contribution in [2.75, 3.05) is 26.3 Å². The molecule has 4 nitrogen and oxygen atoms in total. The Bertz CT molecular complexity index is 282. The summed E-state index contributed by atoms with van der Waals surface area (Å²) in [6.07, 6.45) is 5.75. The van der Waals surface area contributed by atoms with Crippen molar-refractivity contribution in [3.63, 3.8) is 0 Å². The van der Waals surface area contributed by atoms with E-state index in [0.29, 0.717) is 18.0 Å². The van der Waals surface area contributed by atoms with Gasteiger partial charge in [-0.2, -0.15) is 0 Å². The Kier molecular flexibility index (Phi) is 3.63. The van der Waals surface area contributed by atoms with Crippen LogP contribution in [0.3, 0.4) is 0 Å². The SMILES string of the molecule is CC1CCN(C2CCC3(CC2)OCCO3)CC1N. The second-order valence-corrected chi connectivity index (χ2v) is 6.26. The van der Waals surface area contributed by atoms with Gasteiger partial charge in [0.05, 0.1) is 13.2 Å². The van der Waals surface area contributed by atoms with Gasteiger partial charge in [-0.3, -0.25) is 4.90 Å². The largest absolute Gasteiger partial charge is 0.348 e. The van der Waals surface area contributed by atoms with E-state index in [1.54, 1.807) is 0 Å². The first-order valence-electron chi connectivity index (χ1n) is 7.46. The van der Waals surface area contributed by atoms with Crippen LogP contribution in [0.5, 0.6) is 0 Å². The maximum atomic E-state index is 6.20. The maximum absolute atomic E-state index is 6.20. The number of ether oxygens (including phenoxy) is 2. The number of nitrogens with zero attached hydrogens (tertiary/aromatic N) is 1. The van der Waals surface area contributed by atoms with Gasteiger partial charge in [-0.25, -0.2) is 0 Å². The highest BCUT2D eigenvalue weighted by Gasteiger charge is 2.42. The third-order valence-corrected chi connectivity index (χ3v) is 5.09. The van der Waals surface area contributed by atoms with E-state index in [1.807, 2.05) is 0 Å². The molecule has 1 spiro atoms. The van der Waals surface area contributed by atoms with E-state index in [1.165, 1.54) is 25.8 Å². The molecule has 0 aromatic carbocycles. The Labute approximate surface area is 110 Å². The molecule has 0 aromatic heterocycles. The smallest absolute Gasteiger partial charge is 0.168 e. The van der Waals surface area contributed by atoms with Crippen LogP contribution in [-0.2, 0) is 9.47 Å². The quantitative estimate of drug-likeness (QED) is 0.767. The van der Waals surface area contributed by atoms with Crippen molar-refractivity contribution in [2.24, 2.45) is 11.7 Å². The molecule has 3 aliphatic rings. The second-order valence-electron chi connectivity index (χ2n) is 6.26. The van der Waals surface area contributed by atoms with Gasteiger partial charge in [-0.15, -0.1) is 0 Å². The summed E-state index contributed by atoms with van der Waals surface area (Å²) in [5.74, 6) is 0.458. The second kappa shape index (κ2) is 5.08. The first kappa shape index (κ1) is 12.9. The normalized spacial score (nSPS) is 38.3. The lowest BCUT2D eigenvalue weighted by Crippen LogP contribution is -2.53. The van der Waals surface area contributed by atoms with Crippen molar-refractivity contribution in [1.29, 1.82) is 0 Å². The molecule has 3 rings (SSSR count). The van der Waals surface area contributed by atoms with Crippen molar-refractivity contribution in [2.45, 2.75) is 56.9 Å². The summed E-state index contributed by atoms with van der Waals surface area (Å²) in [5.41, 5.74) is 6.20. The van der Waals surface area contributed by atoms with Crippen LogP contribution in [-0.4, -0.2) is 49.1 Å². The average molecular weight is 254 g/mol. The zero-order chi connectivity index (χ0) is 12.6. The average Bonchev–Trinajstić information content (AvgIpc) is 2.82. The van der Waals surface area contributed by atoms with Crippen molar-refractivity contribution >= 4 is 0 Å². The Hall–Kier alpha value is -0.160. The van der Waals surface area contributed by atoms with Gasteiger partial charge in [-0.05, 0) is 31.7 Å². The molecule has 2 N–H and O–H groups in total. The molecule has 2 aliphatic heterocycles. The highest BCUT2D eigenvalue weighted by molar-refractivity contribution is 4.90. The van der Waals surface area contributed by atoms with E-state index in [-0.39, 0.29) is 5.79 Å². The lowest BCUT2D eigenvalue weighted by atomic mass is 9.86. The molecule has 0 radical (unpaired) electrons. The standard InChI is InChI=1S/C14H26N2O2/c1-11-4-7-16(10-13(11)15)12-2-5-14(6-3-12)17-8-9-18-14/h11-13H,2-10,15H2,1H3. The van der Waals surface area contributed by atoms with Crippen LogP contribution in [0.1, 0.15) is 39.0 Å². The molecule has 0 amide bonds. The van der Waals surface area contributed by atoms with Gasteiger partial charge >= 0.3 is 0 Å². The summed E-state index contributed by atoms with van der Waals surface area (Å²) in [4.78, 5) is 2.60. The molecule has 2 unspecified atom stereocenters. The third-order valence-electron chi connectivity index (χ3n) is 5.09. The van der Waals surface area contributed by atoms with Crippen molar-refractivity contribution in [3.05, 3.63) is 0 Å². The third kappa shape index (κ3) is 2.44. The Balaban J connectivity index is 1.53. The summed E-state index contributed by atoms with van der Waals surface area (Å²) in [6.45, 7) is 6.11. The van der Waals surface area contributed by atoms with Crippen LogP contribution in [0.25, 0.3) is 0 Å². The molecule has 18 heavy (non-hydrogen) atoms. The maximum Gasteiger partial charge on any atom is 0.168 e. The summed E-state index contributed by atoms with van der Waals surface area (Å²) in [7, 11) is 0. The van der Waals surface area contributed by atoms with Gasteiger partial charge in [0.15, 0.2) is 5.79 Å². The Morgan fingerprint density at radius 1 is 1.11 bits per heavy atom. The Morgan fingerprint density at radius 2 is 1.78 bits per heavy atom. The minimum atomic E-state index is -0.221. The molecule has 2 heterocycles. The first-order chi connectivity index (χ1) is 8.69. The van der Waals surface area contributed by atoms with Crippen molar-refractivity contribution in [1.82, 2.24) is 4.90 Å². The van der Waals surface area contributed by atoms with Crippen LogP contribution >= 0.6 is 0 Å². The van der Waals surface area contributed by atoms with Crippen molar-refractivity contribution < 1.29 is 9.47 Å². The monoisotopic (exact) mass is 254 g/mol. The molecular formula is C14H26N2O2. The van der Waals surface area contributed by atoms with Crippen LogP contribution in [0, 0.1) is 5.92 Å². The number of rotatable bonds is 1. The van der Waals surface area contributed by atoms with E-state index < -0.39 is 0 Å². The minimum Gasteiger partial charge on any atom is -0.348 e. The van der Waals surface area contributed by atoms with Crippen LogP contribution < -0.4 is 5.73 Å². The predicted octanol–water partition coefficient (Wildman–Crippen LogP) is 1.34. The predicted molar refractivity (Wildman–Crippen MR) is 70.2 cm³/mol. The van der Waals surface area contributed by atoms with Gasteiger partial charge in [0.25, 0.3) is 0 Å². The molecule has 0 aromatic rings. The molecule has 2 atom stereocenters. The number of nitrogens with two attached hydrogens (primary N) is 1. The number of piperidine rings is 1. The van der Waals surface area contributed by atoms with Crippen LogP contribution in [0.4, 0.5) is 0 Å². The van der Waals surface area contributed by atoms with Gasteiger partial charge in [0.2, 0.25) is 0 Å². The summed E-state index contributed by atoms with van der Waals surface area (Å²) >= 11 is 0. The van der Waals surface area contributed by atoms with Crippen LogP contribution in [0.15, 0.2) is 0 Å². The zero-order valence-electron chi connectivity index (χ0n) is 11.4. The van der Waals surface area contributed by atoms with E-state index in [0.717, 1.165) is 32.6 Å². The zero-order valence-corrected chi connectivity index (χ0v) is 11.4. The van der Waals surface area contributed by atoms with Gasteiger partial charge in [0.1, 0.15) is 0 Å². The molecule has 3 fully saturated rings. The highest BCUT2D eigenvalue weighted by Crippen LogP contribution is 2.38. The molecule has 1 saturated carbocycles. The Morgan fingerprint density at radius 3 is 2.39 bits per heavy atom. The summed E-state index contributed by atoms with van der Waals surface area (Å²) in [6, 6.07) is 1.05. The molecular weight excluding hydrogens is 228 g/mol. The fourth-order valence-corrected chi connectivity index (χ4v) is 3.65. The highest BCUT2D eigenvalue weighted by atomic mass is 16.7. The molecule has 104 valence electrons. The summed E-state index contributed by atoms with van der Waals surface area (Å²) < 4.78 is 11.6. The molecule has 1 aliphatic carbocycles. The topological polar surface area (TPSA) is 47.7 Å². The lowest BCUT2D eigenvalue weighted by molar-refractivity contribution is -0.184. The van der Waals surface area contributed by atoms with E-state index in [9.17, 15) is 0 Å². The molecule has 0 bridgehead atoms.